The van der Waals surface area contributed by atoms with Crippen molar-refractivity contribution in [2.45, 2.75) is 12.7 Å². The van der Waals surface area contributed by atoms with Crippen molar-refractivity contribution in [2.24, 2.45) is 0 Å². The molecular weight excluding hydrogens is 357 g/mol. The Bertz CT molecular complexity index is 983. The zero-order chi connectivity index (χ0) is 19.4. The number of nitrogens with one attached hydrogen (secondary N) is 1. The second kappa shape index (κ2) is 7.49. The van der Waals surface area contributed by atoms with Gasteiger partial charge in [-0.15, -0.1) is 0 Å². The number of amides is 1. The van der Waals surface area contributed by atoms with Crippen LogP contribution in [0.3, 0.4) is 0 Å². The number of fused-ring (bicyclic) bond motifs is 1. The summed E-state index contributed by atoms with van der Waals surface area (Å²) in [6.45, 7) is 3.70. The Morgan fingerprint density at radius 3 is 2.52 bits per heavy atom. The molecule has 0 aliphatic heterocycles. The topological polar surface area (TPSA) is 51.2 Å². The fourth-order valence-corrected chi connectivity index (χ4v) is 2.56. The summed E-state index contributed by atoms with van der Waals surface area (Å²) in [5, 5.41) is 4.21. The van der Waals surface area contributed by atoms with Crippen molar-refractivity contribution in [1.29, 1.82) is 0 Å². The van der Waals surface area contributed by atoms with E-state index in [1.54, 1.807) is 30.6 Å². The summed E-state index contributed by atoms with van der Waals surface area (Å²) in [7, 11) is 0. The Balaban J connectivity index is 1.89. The van der Waals surface area contributed by atoms with E-state index in [1.807, 2.05) is 0 Å². The standard InChI is InChI=1S/C20H15F3N2O2/c1-2-19(26)25-11-13-3-8-18(17-12-24-10-9-16(13)17)27-15-6-4-14(5-7-15)20(21,22)23/h2-10,12H,1,11H2,(H,25,26). The summed E-state index contributed by atoms with van der Waals surface area (Å²) in [6, 6.07) is 9.73. The van der Waals surface area contributed by atoms with Crippen molar-refractivity contribution in [1.82, 2.24) is 10.3 Å². The maximum atomic E-state index is 12.7. The molecule has 3 aromatic rings. The second-order valence-electron chi connectivity index (χ2n) is 5.69. The van der Waals surface area contributed by atoms with Gasteiger partial charge in [-0.3, -0.25) is 9.78 Å². The van der Waals surface area contributed by atoms with Gasteiger partial charge in [0.15, 0.2) is 0 Å². The molecule has 1 amide bonds. The lowest BCUT2D eigenvalue weighted by molar-refractivity contribution is -0.137. The molecular formula is C20H15F3N2O2. The molecule has 1 aromatic heterocycles. The predicted octanol–water partition coefficient (Wildman–Crippen LogP) is 4.85. The molecule has 0 spiro atoms. The van der Waals surface area contributed by atoms with Crippen LogP contribution in [0.4, 0.5) is 13.2 Å². The average molecular weight is 372 g/mol. The number of rotatable bonds is 5. The number of pyridine rings is 1. The van der Waals surface area contributed by atoms with Crippen molar-refractivity contribution in [3.8, 4) is 11.5 Å². The van der Waals surface area contributed by atoms with Gasteiger partial charge in [0.2, 0.25) is 5.91 Å². The SMILES string of the molecule is C=CC(=O)NCc1ccc(Oc2ccc(C(F)(F)F)cc2)c2cnccc12. The van der Waals surface area contributed by atoms with E-state index in [4.69, 9.17) is 4.74 Å². The van der Waals surface area contributed by atoms with Gasteiger partial charge in [-0.05, 0) is 53.4 Å². The molecule has 1 N–H and O–H groups in total. The maximum absolute atomic E-state index is 12.7. The highest BCUT2D eigenvalue weighted by atomic mass is 19.4. The van der Waals surface area contributed by atoms with Crippen molar-refractivity contribution < 1.29 is 22.7 Å². The normalized spacial score (nSPS) is 11.2. The Labute approximate surface area is 153 Å². The highest BCUT2D eigenvalue weighted by Crippen LogP contribution is 2.34. The summed E-state index contributed by atoms with van der Waals surface area (Å²) in [4.78, 5) is 15.5. The minimum Gasteiger partial charge on any atom is -0.457 e. The third kappa shape index (κ3) is 4.25. The smallest absolute Gasteiger partial charge is 0.416 e. The first kappa shape index (κ1) is 18.4. The predicted molar refractivity (Wildman–Crippen MR) is 95.3 cm³/mol. The van der Waals surface area contributed by atoms with Crippen molar-refractivity contribution in [3.05, 3.63) is 78.6 Å². The van der Waals surface area contributed by atoms with Crippen LogP contribution in [0.15, 0.2) is 67.5 Å². The molecule has 7 heteroatoms. The molecule has 0 aliphatic rings. The van der Waals surface area contributed by atoms with Crippen LogP contribution >= 0.6 is 0 Å². The van der Waals surface area contributed by atoms with E-state index < -0.39 is 11.7 Å². The van der Waals surface area contributed by atoms with Crippen molar-refractivity contribution >= 4 is 16.7 Å². The fraction of sp³-hybridized carbons (Fsp3) is 0.100. The molecule has 0 unspecified atom stereocenters. The van der Waals surface area contributed by atoms with Crippen molar-refractivity contribution in [2.75, 3.05) is 0 Å². The van der Waals surface area contributed by atoms with Crippen molar-refractivity contribution in [3.63, 3.8) is 0 Å². The second-order valence-corrected chi connectivity index (χ2v) is 5.69. The van der Waals surface area contributed by atoms with Crippen LogP contribution in [0.1, 0.15) is 11.1 Å². The highest BCUT2D eigenvalue weighted by Gasteiger charge is 2.30. The van der Waals surface area contributed by atoms with Crippen LogP contribution in [0.25, 0.3) is 10.8 Å². The van der Waals surface area contributed by atoms with Gasteiger partial charge in [-0.25, -0.2) is 0 Å². The molecule has 0 saturated heterocycles. The number of hydrogen-bond acceptors (Lipinski definition) is 3. The van der Waals surface area contributed by atoms with Gasteiger partial charge in [-0.2, -0.15) is 13.2 Å². The minimum absolute atomic E-state index is 0.279. The van der Waals surface area contributed by atoms with Gasteiger partial charge < -0.3 is 10.1 Å². The van der Waals surface area contributed by atoms with E-state index in [1.165, 1.54) is 18.2 Å². The lowest BCUT2D eigenvalue weighted by atomic mass is 10.1. The lowest BCUT2D eigenvalue weighted by Gasteiger charge is -2.13. The molecule has 0 atom stereocenters. The summed E-state index contributed by atoms with van der Waals surface area (Å²) >= 11 is 0. The third-order valence-electron chi connectivity index (χ3n) is 3.92. The third-order valence-corrected chi connectivity index (χ3v) is 3.92. The van der Waals surface area contributed by atoms with Gasteiger partial charge in [0.05, 0.1) is 5.56 Å². The van der Waals surface area contributed by atoms with E-state index in [-0.39, 0.29) is 11.7 Å². The minimum atomic E-state index is -4.40. The van der Waals surface area contributed by atoms with Gasteiger partial charge in [0.1, 0.15) is 11.5 Å². The molecule has 27 heavy (non-hydrogen) atoms. The van der Waals surface area contributed by atoms with Crippen LogP contribution < -0.4 is 10.1 Å². The zero-order valence-electron chi connectivity index (χ0n) is 14.1. The Hall–Kier alpha value is -3.35. The molecule has 3 rings (SSSR count). The highest BCUT2D eigenvalue weighted by molar-refractivity contribution is 5.91. The number of aromatic nitrogens is 1. The quantitative estimate of drug-likeness (QED) is 0.652. The lowest BCUT2D eigenvalue weighted by Crippen LogP contribution is -2.20. The monoisotopic (exact) mass is 372 g/mol. The van der Waals surface area contributed by atoms with Gasteiger partial charge >= 0.3 is 6.18 Å². The Kier molecular flexibility index (Phi) is 5.12. The molecule has 1 heterocycles. The summed E-state index contributed by atoms with van der Waals surface area (Å²) in [6.07, 6.45) is 0.00906. The van der Waals surface area contributed by atoms with Crippen LogP contribution in [-0.4, -0.2) is 10.9 Å². The fourth-order valence-electron chi connectivity index (χ4n) is 2.56. The van der Waals surface area contributed by atoms with E-state index in [9.17, 15) is 18.0 Å². The van der Waals surface area contributed by atoms with Crippen LogP contribution in [-0.2, 0) is 17.5 Å². The largest absolute Gasteiger partial charge is 0.457 e. The van der Waals surface area contributed by atoms with E-state index in [0.717, 1.165) is 23.1 Å². The summed E-state index contributed by atoms with van der Waals surface area (Å²) in [5.74, 6) is 0.444. The number of ether oxygens (including phenoxy) is 1. The first-order valence-corrected chi connectivity index (χ1v) is 7.99. The van der Waals surface area contributed by atoms with E-state index in [2.05, 4.69) is 16.9 Å². The maximum Gasteiger partial charge on any atom is 0.416 e. The number of hydrogen-bond donors (Lipinski definition) is 1. The number of carbonyl (C=O) groups excluding carboxylic acids is 1. The number of alkyl halides is 3. The Morgan fingerprint density at radius 1 is 1.11 bits per heavy atom. The van der Waals surface area contributed by atoms with Gasteiger partial charge in [0.25, 0.3) is 0 Å². The van der Waals surface area contributed by atoms with Gasteiger partial charge in [0, 0.05) is 24.3 Å². The molecule has 0 bridgehead atoms. The number of benzene rings is 2. The van der Waals surface area contributed by atoms with E-state index in [0.29, 0.717) is 17.7 Å². The molecule has 0 aliphatic carbocycles. The molecule has 0 radical (unpaired) electrons. The van der Waals surface area contributed by atoms with Crippen LogP contribution in [0, 0.1) is 0 Å². The number of carbonyl (C=O) groups is 1. The van der Waals surface area contributed by atoms with Crippen LogP contribution in [0.5, 0.6) is 11.5 Å². The molecule has 2 aromatic carbocycles. The summed E-state index contributed by atoms with van der Waals surface area (Å²) < 4.78 is 43.8. The zero-order valence-corrected chi connectivity index (χ0v) is 14.1. The Morgan fingerprint density at radius 2 is 1.85 bits per heavy atom. The first-order chi connectivity index (χ1) is 12.9. The molecule has 138 valence electrons. The van der Waals surface area contributed by atoms with Gasteiger partial charge in [-0.1, -0.05) is 12.6 Å². The molecule has 0 fully saturated rings. The average Bonchev–Trinajstić information content (AvgIpc) is 2.67. The van der Waals surface area contributed by atoms with Crippen LogP contribution in [0.2, 0.25) is 0 Å². The van der Waals surface area contributed by atoms with E-state index >= 15 is 0 Å². The first-order valence-electron chi connectivity index (χ1n) is 7.99. The number of nitrogens with zero attached hydrogens (tertiary/aromatic N) is 1. The number of halogens is 3. The molecule has 0 saturated carbocycles. The summed E-state index contributed by atoms with van der Waals surface area (Å²) in [5.41, 5.74) is 0.108. The molecule has 4 nitrogen and oxygen atoms in total.